The van der Waals surface area contributed by atoms with Gasteiger partial charge in [0.1, 0.15) is 24.1 Å². The van der Waals surface area contributed by atoms with Gasteiger partial charge in [0.2, 0.25) is 0 Å². The molecule has 0 spiro atoms. The van der Waals surface area contributed by atoms with Crippen molar-refractivity contribution < 1.29 is 19.1 Å². The van der Waals surface area contributed by atoms with E-state index in [-0.39, 0.29) is 11.8 Å². The van der Waals surface area contributed by atoms with Crippen LogP contribution in [-0.2, 0) is 17.8 Å². The van der Waals surface area contributed by atoms with Crippen LogP contribution in [0.25, 0.3) is 0 Å². The number of rotatable bonds is 12. The van der Waals surface area contributed by atoms with Gasteiger partial charge in [-0.25, -0.2) is 0 Å². The number of ether oxygens (including phenoxy) is 2. The second kappa shape index (κ2) is 14.0. The van der Waals surface area contributed by atoms with Crippen molar-refractivity contribution in [2.45, 2.75) is 39.8 Å². The molecule has 0 aromatic heterocycles. The third-order valence-electron chi connectivity index (χ3n) is 6.77. The highest BCUT2D eigenvalue weighted by Crippen LogP contribution is 2.26. The maximum absolute atomic E-state index is 13.8. The second-order valence-electron chi connectivity index (χ2n) is 9.85. The number of benzene rings is 4. The summed E-state index contributed by atoms with van der Waals surface area (Å²) in [6.45, 7) is 6.58. The van der Waals surface area contributed by atoms with Crippen molar-refractivity contribution in [3.8, 4) is 11.5 Å². The highest BCUT2D eigenvalue weighted by molar-refractivity contribution is 5.98. The first-order valence-electron chi connectivity index (χ1n) is 13.7. The molecule has 41 heavy (non-hydrogen) atoms. The smallest absolute Gasteiger partial charge is 0.263 e. The van der Waals surface area contributed by atoms with Crippen LogP contribution >= 0.6 is 0 Å². The fourth-order valence-corrected chi connectivity index (χ4v) is 4.63. The van der Waals surface area contributed by atoms with E-state index in [0.29, 0.717) is 25.1 Å². The summed E-state index contributed by atoms with van der Waals surface area (Å²) in [4.78, 5) is 27.3. The molecule has 0 bridgehead atoms. The summed E-state index contributed by atoms with van der Waals surface area (Å²) in [5.74, 6) is 0.918. The standard InChI is InChI=1S/C34H37N3O4/c1-5-37(36-29-16-18-30(40-4)19-17-29)34(39)31(22-26-12-8-6-9-13-26)35-33(38)28-20-24(2)32(25(3)21-28)41-23-27-14-10-7-11-15-27/h6-21,31,36H,5,22-23H2,1-4H3,(H,35,38). The lowest BCUT2D eigenvalue weighted by molar-refractivity contribution is -0.131. The van der Waals surface area contributed by atoms with Gasteiger partial charge in [0.05, 0.1) is 12.8 Å². The van der Waals surface area contributed by atoms with Crippen LogP contribution in [0.5, 0.6) is 11.5 Å². The van der Waals surface area contributed by atoms with E-state index >= 15 is 0 Å². The number of nitrogens with one attached hydrogen (secondary N) is 2. The first kappa shape index (κ1) is 29.2. The number of hydrogen-bond donors (Lipinski definition) is 2. The Morgan fingerprint density at radius 3 is 1.98 bits per heavy atom. The minimum absolute atomic E-state index is 0.239. The van der Waals surface area contributed by atoms with Gasteiger partial charge in [0, 0.05) is 18.5 Å². The van der Waals surface area contributed by atoms with Gasteiger partial charge in [0.15, 0.2) is 0 Å². The Hall–Kier alpha value is -4.78. The average Bonchev–Trinajstić information content (AvgIpc) is 3.00. The van der Waals surface area contributed by atoms with Gasteiger partial charge >= 0.3 is 0 Å². The largest absolute Gasteiger partial charge is 0.497 e. The molecule has 4 aromatic rings. The minimum atomic E-state index is -0.787. The Kier molecular flexibility index (Phi) is 9.99. The zero-order valence-electron chi connectivity index (χ0n) is 24.0. The Labute approximate surface area is 242 Å². The van der Waals surface area contributed by atoms with E-state index in [9.17, 15) is 9.59 Å². The molecule has 0 saturated carbocycles. The zero-order chi connectivity index (χ0) is 29.2. The van der Waals surface area contributed by atoms with Gasteiger partial charge in [-0.05, 0) is 79.4 Å². The highest BCUT2D eigenvalue weighted by atomic mass is 16.5. The molecule has 0 radical (unpaired) electrons. The van der Waals surface area contributed by atoms with Gasteiger partial charge in [0.25, 0.3) is 11.8 Å². The van der Waals surface area contributed by atoms with Crippen molar-refractivity contribution in [2.24, 2.45) is 0 Å². The van der Waals surface area contributed by atoms with Crippen LogP contribution < -0.4 is 20.2 Å². The fraction of sp³-hybridized carbons (Fsp3) is 0.235. The molecule has 1 atom stereocenters. The molecule has 7 heteroatoms. The monoisotopic (exact) mass is 551 g/mol. The molecule has 0 heterocycles. The lowest BCUT2D eigenvalue weighted by Gasteiger charge is -2.28. The normalized spacial score (nSPS) is 11.3. The summed E-state index contributed by atoms with van der Waals surface area (Å²) < 4.78 is 11.3. The molecular formula is C34H37N3O4. The van der Waals surface area contributed by atoms with Crippen molar-refractivity contribution in [1.29, 1.82) is 0 Å². The van der Waals surface area contributed by atoms with Gasteiger partial charge in [-0.1, -0.05) is 60.7 Å². The number of carbonyl (C=O) groups excluding carboxylic acids is 2. The molecule has 4 aromatic carbocycles. The van der Waals surface area contributed by atoms with Crippen LogP contribution in [0.2, 0.25) is 0 Å². The van der Waals surface area contributed by atoms with E-state index in [1.54, 1.807) is 19.2 Å². The van der Waals surface area contributed by atoms with Gasteiger partial charge in [-0.3, -0.25) is 20.0 Å². The molecule has 2 N–H and O–H groups in total. The molecule has 0 aliphatic heterocycles. The molecule has 4 rings (SSSR count). The van der Waals surface area contributed by atoms with E-state index < -0.39 is 6.04 Å². The Morgan fingerprint density at radius 1 is 0.829 bits per heavy atom. The maximum atomic E-state index is 13.8. The van der Waals surface area contributed by atoms with Gasteiger partial charge in [-0.15, -0.1) is 0 Å². The zero-order valence-corrected chi connectivity index (χ0v) is 24.0. The number of anilines is 1. The number of nitrogens with zero attached hydrogens (tertiary/aromatic N) is 1. The lowest BCUT2D eigenvalue weighted by Crippen LogP contribution is -2.51. The van der Waals surface area contributed by atoms with E-state index in [0.717, 1.165) is 39.4 Å². The number of carbonyl (C=O) groups is 2. The number of methoxy groups -OCH3 is 1. The van der Waals surface area contributed by atoms with Crippen LogP contribution in [0.4, 0.5) is 5.69 Å². The van der Waals surface area contributed by atoms with Crippen LogP contribution in [0.3, 0.4) is 0 Å². The van der Waals surface area contributed by atoms with Crippen molar-refractivity contribution in [3.63, 3.8) is 0 Å². The first-order valence-corrected chi connectivity index (χ1v) is 13.7. The quantitative estimate of drug-likeness (QED) is 0.208. The third kappa shape index (κ3) is 7.88. The van der Waals surface area contributed by atoms with Gasteiger partial charge < -0.3 is 14.8 Å². The summed E-state index contributed by atoms with van der Waals surface area (Å²) in [7, 11) is 1.61. The van der Waals surface area contributed by atoms with Crippen LogP contribution in [0.15, 0.2) is 97.1 Å². The number of likely N-dealkylation sites (N-methyl/N-ethyl adjacent to an activating group) is 1. The number of hydrazine groups is 1. The van der Waals surface area contributed by atoms with E-state index in [1.165, 1.54) is 5.01 Å². The SMILES string of the molecule is CCN(Nc1ccc(OC)cc1)C(=O)C(Cc1ccccc1)NC(=O)c1cc(C)c(OCc2ccccc2)c(C)c1. The molecule has 0 fully saturated rings. The van der Waals surface area contributed by atoms with Crippen LogP contribution in [-0.4, -0.2) is 36.5 Å². The molecule has 0 aliphatic rings. The molecule has 1 unspecified atom stereocenters. The van der Waals surface area contributed by atoms with Crippen LogP contribution in [0.1, 0.15) is 39.5 Å². The Balaban J connectivity index is 1.52. The summed E-state index contributed by atoms with van der Waals surface area (Å²) >= 11 is 0. The average molecular weight is 552 g/mol. The van der Waals surface area contributed by atoms with Gasteiger partial charge in [-0.2, -0.15) is 0 Å². The first-order chi connectivity index (χ1) is 19.9. The maximum Gasteiger partial charge on any atom is 0.263 e. The number of amides is 2. The number of aryl methyl sites for hydroxylation is 2. The van der Waals surface area contributed by atoms with Crippen molar-refractivity contribution >= 4 is 17.5 Å². The van der Waals surface area contributed by atoms with Crippen molar-refractivity contribution in [3.05, 3.63) is 125 Å². The van der Waals surface area contributed by atoms with E-state index in [1.807, 2.05) is 106 Å². The predicted molar refractivity (Wildman–Crippen MR) is 162 cm³/mol. The topological polar surface area (TPSA) is 79.9 Å². The summed E-state index contributed by atoms with van der Waals surface area (Å²) in [6.07, 6.45) is 0.350. The van der Waals surface area contributed by atoms with Crippen molar-refractivity contribution in [2.75, 3.05) is 19.1 Å². The summed E-state index contributed by atoms with van der Waals surface area (Å²) in [6, 6.07) is 29.8. The lowest BCUT2D eigenvalue weighted by atomic mass is 10.0. The highest BCUT2D eigenvalue weighted by Gasteiger charge is 2.27. The molecule has 0 aliphatic carbocycles. The summed E-state index contributed by atoms with van der Waals surface area (Å²) in [5, 5.41) is 4.52. The Morgan fingerprint density at radius 2 is 1.41 bits per heavy atom. The minimum Gasteiger partial charge on any atom is -0.497 e. The molecule has 2 amide bonds. The van der Waals surface area contributed by atoms with Crippen molar-refractivity contribution in [1.82, 2.24) is 10.3 Å². The Bertz CT molecular complexity index is 1420. The third-order valence-corrected chi connectivity index (χ3v) is 6.77. The molecule has 7 nitrogen and oxygen atoms in total. The van der Waals surface area contributed by atoms with E-state index in [4.69, 9.17) is 9.47 Å². The fourth-order valence-electron chi connectivity index (χ4n) is 4.63. The van der Waals surface area contributed by atoms with Crippen LogP contribution in [0, 0.1) is 13.8 Å². The molecule has 0 saturated heterocycles. The molecular weight excluding hydrogens is 514 g/mol. The molecule has 212 valence electrons. The second-order valence-corrected chi connectivity index (χ2v) is 9.85. The number of hydrogen-bond acceptors (Lipinski definition) is 5. The predicted octanol–water partition coefficient (Wildman–Crippen LogP) is 6.11. The van der Waals surface area contributed by atoms with E-state index in [2.05, 4.69) is 10.7 Å². The summed E-state index contributed by atoms with van der Waals surface area (Å²) in [5.41, 5.74) is 8.11.